The van der Waals surface area contributed by atoms with Crippen LogP contribution in [0, 0.1) is 0 Å². The molecule has 1 aromatic heterocycles. The summed E-state index contributed by atoms with van der Waals surface area (Å²) in [7, 11) is 5.09. The van der Waals surface area contributed by atoms with Crippen LogP contribution in [0.5, 0.6) is 5.75 Å². The van der Waals surface area contributed by atoms with E-state index in [-0.39, 0.29) is 5.56 Å². The van der Waals surface area contributed by atoms with E-state index in [0.717, 1.165) is 12.1 Å². The Bertz CT molecular complexity index is 733. The van der Waals surface area contributed by atoms with Crippen molar-refractivity contribution in [3.63, 3.8) is 0 Å². The summed E-state index contributed by atoms with van der Waals surface area (Å²) in [5, 5.41) is 0. The molecule has 0 saturated heterocycles. The average Bonchev–Trinajstić information content (AvgIpc) is 2.52. The molecule has 0 atom stereocenters. The van der Waals surface area contributed by atoms with Gasteiger partial charge in [0.25, 0.3) is 5.91 Å². The maximum atomic E-state index is 12.6. The zero-order valence-corrected chi connectivity index (χ0v) is 13.3. The summed E-state index contributed by atoms with van der Waals surface area (Å²) in [6, 6.07) is 8.33. The number of amides is 1. The number of hydrogen-bond acceptors (Lipinski definition) is 4. The van der Waals surface area contributed by atoms with Crippen molar-refractivity contribution in [3.05, 3.63) is 48.2 Å². The number of aromatic nitrogens is 1. The fourth-order valence-corrected chi connectivity index (χ4v) is 2.12. The number of carbonyl (C=O) groups excluding carboxylic acids is 1. The molecule has 2 aromatic rings. The molecule has 0 aliphatic rings. The van der Waals surface area contributed by atoms with Gasteiger partial charge in [0, 0.05) is 32.9 Å². The van der Waals surface area contributed by atoms with Crippen molar-refractivity contribution in [1.82, 2.24) is 4.98 Å². The molecule has 1 aromatic carbocycles. The first-order chi connectivity index (χ1) is 11.2. The number of halogens is 3. The van der Waals surface area contributed by atoms with Crippen LogP contribution >= 0.6 is 0 Å². The number of rotatable bonds is 4. The van der Waals surface area contributed by atoms with E-state index in [4.69, 9.17) is 0 Å². The van der Waals surface area contributed by atoms with E-state index < -0.39 is 18.0 Å². The van der Waals surface area contributed by atoms with E-state index in [1.807, 2.05) is 0 Å². The van der Waals surface area contributed by atoms with Gasteiger partial charge in [-0.05, 0) is 30.3 Å². The molecular formula is C16H16F3N3O2. The fourth-order valence-electron chi connectivity index (χ4n) is 2.12. The van der Waals surface area contributed by atoms with Crippen LogP contribution in [0.4, 0.5) is 24.7 Å². The van der Waals surface area contributed by atoms with E-state index >= 15 is 0 Å². The predicted molar refractivity (Wildman–Crippen MR) is 84.4 cm³/mol. The molecule has 0 bridgehead atoms. The topological polar surface area (TPSA) is 45.7 Å². The lowest BCUT2D eigenvalue weighted by atomic mass is 10.2. The zero-order chi connectivity index (χ0) is 17.9. The van der Waals surface area contributed by atoms with Gasteiger partial charge in [-0.1, -0.05) is 6.07 Å². The number of hydrogen-bond donors (Lipinski definition) is 0. The van der Waals surface area contributed by atoms with Crippen LogP contribution in [-0.4, -0.2) is 38.4 Å². The van der Waals surface area contributed by atoms with E-state index in [1.165, 1.54) is 24.1 Å². The highest BCUT2D eigenvalue weighted by Gasteiger charge is 2.31. The first kappa shape index (κ1) is 17.6. The molecule has 0 radical (unpaired) electrons. The number of alkyl halides is 3. The van der Waals surface area contributed by atoms with Crippen LogP contribution in [0.15, 0.2) is 42.6 Å². The molecule has 0 N–H and O–H groups in total. The van der Waals surface area contributed by atoms with Crippen LogP contribution in [0.25, 0.3) is 0 Å². The van der Waals surface area contributed by atoms with Crippen molar-refractivity contribution in [1.29, 1.82) is 0 Å². The molecule has 0 fully saturated rings. The van der Waals surface area contributed by atoms with Crippen molar-refractivity contribution in [2.75, 3.05) is 30.9 Å². The van der Waals surface area contributed by atoms with E-state index in [0.29, 0.717) is 11.5 Å². The third-order valence-corrected chi connectivity index (χ3v) is 3.17. The minimum Gasteiger partial charge on any atom is -0.406 e. The van der Waals surface area contributed by atoms with Gasteiger partial charge in [-0.25, -0.2) is 4.98 Å². The molecule has 5 nitrogen and oxygen atoms in total. The van der Waals surface area contributed by atoms with Crippen molar-refractivity contribution in [2.45, 2.75) is 6.36 Å². The molecular weight excluding hydrogens is 323 g/mol. The number of nitrogens with zero attached hydrogens (tertiary/aromatic N) is 3. The molecule has 2 rings (SSSR count). The van der Waals surface area contributed by atoms with Gasteiger partial charge in [-0.3, -0.25) is 4.79 Å². The molecule has 0 aliphatic heterocycles. The number of ether oxygens (including phenoxy) is 1. The van der Waals surface area contributed by atoms with Crippen LogP contribution in [0.1, 0.15) is 10.4 Å². The molecule has 24 heavy (non-hydrogen) atoms. The predicted octanol–water partition coefficient (Wildman–Crippen LogP) is 3.32. The summed E-state index contributed by atoms with van der Waals surface area (Å²) < 4.78 is 40.8. The van der Waals surface area contributed by atoms with Crippen LogP contribution < -0.4 is 14.5 Å². The minimum absolute atomic E-state index is 0.0767. The van der Waals surface area contributed by atoms with Gasteiger partial charge in [-0.15, -0.1) is 13.2 Å². The largest absolute Gasteiger partial charge is 0.573 e. The molecule has 128 valence electrons. The van der Waals surface area contributed by atoms with E-state index in [1.54, 1.807) is 37.3 Å². The minimum atomic E-state index is -4.81. The highest BCUT2D eigenvalue weighted by atomic mass is 19.4. The third-order valence-electron chi connectivity index (χ3n) is 3.17. The fraction of sp³-hybridized carbons (Fsp3) is 0.250. The molecule has 0 aliphatic carbocycles. The Labute approximate surface area is 137 Å². The third kappa shape index (κ3) is 4.15. The normalized spacial score (nSPS) is 11.1. The molecule has 1 amide bonds. The highest BCUT2D eigenvalue weighted by molar-refractivity contribution is 6.07. The molecule has 1 heterocycles. The lowest BCUT2D eigenvalue weighted by Gasteiger charge is -2.23. The van der Waals surface area contributed by atoms with Gasteiger partial charge in [0.1, 0.15) is 5.75 Å². The van der Waals surface area contributed by atoms with E-state index in [9.17, 15) is 18.0 Å². The smallest absolute Gasteiger partial charge is 0.406 e. The standard InChI is InChI=1S/C16H16F3N3O2/c1-21(2)14-13(8-5-9-20-14)22(3)15(23)11-6-4-7-12(10-11)24-16(17,18)19/h4-10H,1-3H3. The first-order valence-electron chi connectivity index (χ1n) is 6.95. The summed E-state index contributed by atoms with van der Waals surface area (Å²) in [5.74, 6) is -0.351. The van der Waals surface area contributed by atoms with Crippen molar-refractivity contribution in [3.8, 4) is 5.75 Å². The van der Waals surface area contributed by atoms with Gasteiger partial charge in [-0.2, -0.15) is 0 Å². The first-order valence-corrected chi connectivity index (χ1v) is 6.95. The van der Waals surface area contributed by atoms with Gasteiger partial charge in [0.15, 0.2) is 5.82 Å². The number of carbonyl (C=O) groups is 1. The van der Waals surface area contributed by atoms with E-state index in [2.05, 4.69) is 9.72 Å². The van der Waals surface area contributed by atoms with Crippen LogP contribution in [0.3, 0.4) is 0 Å². The quantitative estimate of drug-likeness (QED) is 0.857. The Morgan fingerprint density at radius 3 is 2.46 bits per heavy atom. The zero-order valence-electron chi connectivity index (χ0n) is 13.3. The summed E-state index contributed by atoms with van der Waals surface area (Å²) >= 11 is 0. The molecule has 0 unspecified atom stereocenters. The second-order valence-corrected chi connectivity index (χ2v) is 5.18. The maximum absolute atomic E-state index is 12.6. The van der Waals surface area contributed by atoms with Crippen molar-refractivity contribution >= 4 is 17.4 Å². The Balaban J connectivity index is 2.31. The molecule has 8 heteroatoms. The summed E-state index contributed by atoms with van der Waals surface area (Å²) in [4.78, 5) is 19.8. The van der Waals surface area contributed by atoms with Crippen molar-refractivity contribution < 1.29 is 22.7 Å². The monoisotopic (exact) mass is 339 g/mol. The Hall–Kier alpha value is -2.77. The van der Waals surface area contributed by atoms with Crippen LogP contribution in [0.2, 0.25) is 0 Å². The summed E-state index contributed by atoms with van der Waals surface area (Å²) in [6.45, 7) is 0. The highest BCUT2D eigenvalue weighted by Crippen LogP contribution is 2.27. The Kier molecular flexibility index (Phi) is 4.96. The second kappa shape index (κ2) is 6.77. The lowest BCUT2D eigenvalue weighted by molar-refractivity contribution is -0.274. The second-order valence-electron chi connectivity index (χ2n) is 5.18. The molecule has 0 saturated carbocycles. The van der Waals surface area contributed by atoms with Crippen LogP contribution in [-0.2, 0) is 0 Å². The summed E-state index contributed by atoms with van der Waals surface area (Å²) in [5.41, 5.74) is 0.613. The Morgan fingerprint density at radius 1 is 1.12 bits per heavy atom. The van der Waals surface area contributed by atoms with Gasteiger partial charge < -0.3 is 14.5 Å². The molecule has 0 spiro atoms. The number of benzene rings is 1. The van der Waals surface area contributed by atoms with Gasteiger partial charge in [0.2, 0.25) is 0 Å². The number of pyridine rings is 1. The lowest BCUT2D eigenvalue weighted by Crippen LogP contribution is -2.28. The number of anilines is 2. The van der Waals surface area contributed by atoms with Gasteiger partial charge >= 0.3 is 6.36 Å². The SMILES string of the molecule is CN(C)c1ncccc1N(C)C(=O)c1cccc(OC(F)(F)F)c1. The average molecular weight is 339 g/mol. The summed E-state index contributed by atoms with van der Waals surface area (Å²) in [6.07, 6.45) is -3.22. The maximum Gasteiger partial charge on any atom is 0.573 e. The Morgan fingerprint density at radius 2 is 1.83 bits per heavy atom. The van der Waals surface area contributed by atoms with Gasteiger partial charge in [0.05, 0.1) is 5.69 Å². The van der Waals surface area contributed by atoms with Crippen molar-refractivity contribution in [2.24, 2.45) is 0 Å².